The van der Waals surface area contributed by atoms with Gasteiger partial charge in [-0.3, -0.25) is 9.48 Å². The average Bonchev–Trinajstić information content (AvgIpc) is 2.80. The van der Waals surface area contributed by atoms with Crippen LogP contribution < -0.4 is 5.32 Å². The van der Waals surface area contributed by atoms with E-state index in [1.807, 2.05) is 31.9 Å². The molecule has 0 aliphatic carbocycles. The number of aromatic nitrogens is 2. The van der Waals surface area contributed by atoms with Gasteiger partial charge in [0.15, 0.2) is 0 Å². The first kappa shape index (κ1) is 14.1. The van der Waals surface area contributed by atoms with Crippen LogP contribution >= 0.6 is 0 Å². The topological polar surface area (TPSA) is 50.2 Å². The molecule has 0 radical (unpaired) electrons. The molecule has 1 aromatic rings. The molecule has 5 nitrogen and oxygen atoms in total. The van der Waals surface area contributed by atoms with Crippen LogP contribution in [-0.4, -0.2) is 47.3 Å². The first-order valence-corrected chi connectivity index (χ1v) is 7.12. The van der Waals surface area contributed by atoms with E-state index in [4.69, 9.17) is 0 Å². The van der Waals surface area contributed by atoms with E-state index in [9.17, 15) is 4.79 Å². The summed E-state index contributed by atoms with van der Waals surface area (Å²) in [7, 11) is 1.90. The lowest BCUT2D eigenvalue weighted by atomic mass is 9.97. The minimum Gasteiger partial charge on any atom is -0.340 e. The summed E-state index contributed by atoms with van der Waals surface area (Å²) in [6.07, 6.45) is 2.31. The zero-order chi connectivity index (χ0) is 13.8. The summed E-state index contributed by atoms with van der Waals surface area (Å²) in [5.74, 6) is 0.704. The lowest BCUT2D eigenvalue weighted by Gasteiger charge is -2.27. The lowest BCUT2D eigenvalue weighted by molar-refractivity contribution is 0.0750. The number of carbonyl (C=O) groups is 1. The number of nitrogens with zero attached hydrogens (tertiary/aromatic N) is 3. The third-order valence-corrected chi connectivity index (χ3v) is 3.76. The Morgan fingerprint density at radius 3 is 2.84 bits per heavy atom. The van der Waals surface area contributed by atoms with Gasteiger partial charge in [0.1, 0.15) is 5.69 Å². The van der Waals surface area contributed by atoms with Gasteiger partial charge in [0, 0.05) is 20.1 Å². The fraction of sp³-hybridized carbons (Fsp3) is 0.714. The second kappa shape index (κ2) is 6.19. The van der Waals surface area contributed by atoms with Crippen molar-refractivity contribution < 1.29 is 4.79 Å². The second-order valence-corrected chi connectivity index (χ2v) is 5.37. The fourth-order valence-electron chi connectivity index (χ4n) is 2.69. The summed E-state index contributed by atoms with van der Waals surface area (Å²) in [5.41, 5.74) is 1.61. The van der Waals surface area contributed by atoms with E-state index in [-0.39, 0.29) is 5.91 Å². The quantitative estimate of drug-likeness (QED) is 0.891. The van der Waals surface area contributed by atoms with Gasteiger partial charge in [-0.1, -0.05) is 0 Å². The van der Waals surface area contributed by atoms with E-state index < -0.39 is 0 Å². The molecule has 0 bridgehead atoms. The van der Waals surface area contributed by atoms with Crippen LogP contribution in [0, 0.1) is 12.8 Å². The van der Waals surface area contributed by atoms with Crippen LogP contribution in [0.4, 0.5) is 0 Å². The standard InChI is InChI=1S/C14H24N4O/c1-4-18-13(9-11(2)16-18)14(19)17(3)10-12-5-7-15-8-6-12/h9,12,15H,4-8,10H2,1-3H3. The molecule has 1 aromatic heterocycles. The van der Waals surface area contributed by atoms with Crippen molar-refractivity contribution in [2.24, 2.45) is 5.92 Å². The van der Waals surface area contributed by atoms with Crippen molar-refractivity contribution in [3.8, 4) is 0 Å². The van der Waals surface area contributed by atoms with Gasteiger partial charge < -0.3 is 10.2 Å². The van der Waals surface area contributed by atoms with Crippen LogP contribution in [0.2, 0.25) is 0 Å². The zero-order valence-electron chi connectivity index (χ0n) is 12.1. The second-order valence-electron chi connectivity index (χ2n) is 5.37. The number of amides is 1. The number of piperidine rings is 1. The normalized spacial score (nSPS) is 16.6. The van der Waals surface area contributed by atoms with Crippen LogP contribution in [0.3, 0.4) is 0 Å². The maximum Gasteiger partial charge on any atom is 0.271 e. The molecule has 0 saturated carbocycles. The van der Waals surface area contributed by atoms with E-state index in [0.29, 0.717) is 11.6 Å². The summed E-state index contributed by atoms with van der Waals surface area (Å²) < 4.78 is 1.79. The van der Waals surface area contributed by atoms with Gasteiger partial charge in [-0.15, -0.1) is 0 Å². The summed E-state index contributed by atoms with van der Waals surface area (Å²) in [4.78, 5) is 14.3. The van der Waals surface area contributed by atoms with Crippen molar-refractivity contribution >= 4 is 5.91 Å². The molecule has 5 heteroatoms. The van der Waals surface area contributed by atoms with E-state index in [2.05, 4.69) is 10.4 Å². The predicted molar refractivity (Wildman–Crippen MR) is 75.2 cm³/mol. The predicted octanol–water partition coefficient (Wildman–Crippen LogP) is 1.28. The van der Waals surface area contributed by atoms with Crippen molar-refractivity contribution in [2.75, 3.05) is 26.7 Å². The van der Waals surface area contributed by atoms with E-state index in [1.54, 1.807) is 4.68 Å². The van der Waals surface area contributed by atoms with Gasteiger partial charge in [0.2, 0.25) is 0 Å². The Hall–Kier alpha value is -1.36. The number of rotatable bonds is 4. The molecule has 1 fully saturated rings. The van der Waals surface area contributed by atoms with Crippen molar-refractivity contribution in [3.05, 3.63) is 17.5 Å². The monoisotopic (exact) mass is 264 g/mol. The first-order chi connectivity index (χ1) is 9.11. The van der Waals surface area contributed by atoms with Crippen molar-refractivity contribution in [3.63, 3.8) is 0 Å². The molecule has 2 heterocycles. The van der Waals surface area contributed by atoms with Crippen LogP contribution in [-0.2, 0) is 6.54 Å². The molecular weight excluding hydrogens is 240 g/mol. The molecule has 0 spiro atoms. The van der Waals surface area contributed by atoms with Gasteiger partial charge in [0.25, 0.3) is 5.91 Å². The van der Waals surface area contributed by atoms with E-state index in [0.717, 1.165) is 44.7 Å². The Labute approximate surface area is 115 Å². The van der Waals surface area contributed by atoms with Crippen molar-refractivity contribution in [1.82, 2.24) is 20.0 Å². The van der Waals surface area contributed by atoms with E-state index >= 15 is 0 Å². The zero-order valence-corrected chi connectivity index (χ0v) is 12.1. The highest BCUT2D eigenvalue weighted by Crippen LogP contribution is 2.15. The Balaban J connectivity index is 2.01. The van der Waals surface area contributed by atoms with Gasteiger partial charge in [-0.2, -0.15) is 5.10 Å². The van der Waals surface area contributed by atoms with Crippen LogP contribution in [0.5, 0.6) is 0 Å². The molecule has 1 saturated heterocycles. The largest absolute Gasteiger partial charge is 0.340 e. The summed E-state index contributed by atoms with van der Waals surface area (Å²) in [6, 6.07) is 1.88. The van der Waals surface area contributed by atoms with Gasteiger partial charge in [0.05, 0.1) is 5.69 Å². The Morgan fingerprint density at radius 1 is 1.53 bits per heavy atom. The maximum absolute atomic E-state index is 12.5. The summed E-state index contributed by atoms with van der Waals surface area (Å²) in [6.45, 7) is 7.65. The number of hydrogen-bond acceptors (Lipinski definition) is 3. The summed E-state index contributed by atoms with van der Waals surface area (Å²) in [5, 5.41) is 7.69. The molecule has 106 valence electrons. The highest BCUT2D eigenvalue weighted by Gasteiger charge is 2.21. The number of nitrogens with one attached hydrogen (secondary N) is 1. The Morgan fingerprint density at radius 2 is 2.21 bits per heavy atom. The highest BCUT2D eigenvalue weighted by molar-refractivity contribution is 5.92. The minimum atomic E-state index is 0.0842. The number of carbonyl (C=O) groups excluding carboxylic acids is 1. The Bertz CT molecular complexity index is 435. The van der Waals surface area contributed by atoms with E-state index in [1.165, 1.54) is 0 Å². The maximum atomic E-state index is 12.5. The Kier molecular flexibility index (Phi) is 4.58. The third-order valence-electron chi connectivity index (χ3n) is 3.76. The number of aryl methyl sites for hydroxylation is 2. The molecule has 1 aliphatic heterocycles. The third kappa shape index (κ3) is 3.35. The highest BCUT2D eigenvalue weighted by atomic mass is 16.2. The van der Waals surface area contributed by atoms with Crippen molar-refractivity contribution in [1.29, 1.82) is 0 Å². The number of hydrogen-bond donors (Lipinski definition) is 1. The molecule has 1 amide bonds. The fourth-order valence-corrected chi connectivity index (χ4v) is 2.69. The summed E-state index contributed by atoms with van der Waals surface area (Å²) >= 11 is 0. The SMILES string of the molecule is CCn1nc(C)cc1C(=O)N(C)CC1CCNCC1. The molecule has 19 heavy (non-hydrogen) atoms. The minimum absolute atomic E-state index is 0.0842. The van der Waals surface area contributed by atoms with Crippen LogP contribution in [0.25, 0.3) is 0 Å². The molecular formula is C14H24N4O. The molecule has 0 aromatic carbocycles. The molecule has 0 atom stereocenters. The van der Waals surface area contributed by atoms with Crippen LogP contribution in [0.15, 0.2) is 6.07 Å². The van der Waals surface area contributed by atoms with Gasteiger partial charge in [-0.25, -0.2) is 0 Å². The van der Waals surface area contributed by atoms with Crippen LogP contribution in [0.1, 0.15) is 35.9 Å². The molecule has 2 rings (SSSR count). The van der Waals surface area contributed by atoms with Gasteiger partial charge >= 0.3 is 0 Å². The van der Waals surface area contributed by atoms with Gasteiger partial charge in [-0.05, 0) is 51.8 Å². The molecule has 1 aliphatic rings. The lowest BCUT2D eigenvalue weighted by Crippen LogP contribution is -2.37. The average molecular weight is 264 g/mol. The smallest absolute Gasteiger partial charge is 0.271 e. The molecule has 1 N–H and O–H groups in total. The first-order valence-electron chi connectivity index (χ1n) is 7.12. The van der Waals surface area contributed by atoms with Crippen molar-refractivity contribution in [2.45, 2.75) is 33.2 Å². The molecule has 0 unspecified atom stereocenters.